The Morgan fingerprint density at radius 1 is 1.16 bits per heavy atom. The van der Waals surface area contributed by atoms with Gasteiger partial charge in [-0.3, -0.25) is 10.00 Å². The van der Waals surface area contributed by atoms with E-state index in [1.54, 1.807) is 17.1 Å². The van der Waals surface area contributed by atoms with E-state index < -0.39 is 17.8 Å². The highest BCUT2D eigenvalue weighted by molar-refractivity contribution is 7.15. The fourth-order valence-corrected chi connectivity index (χ4v) is 3.76. The van der Waals surface area contributed by atoms with Gasteiger partial charge in [-0.1, -0.05) is 6.07 Å². The molecule has 0 bridgehead atoms. The fourth-order valence-electron chi connectivity index (χ4n) is 2.95. The van der Waals surface area contributed by atoms with Gasteiger partial charge >= 0.3 is 12.2 Å². The first-order valence-electron chi connectivity index (χ1n) is 9.36. The predicted molar refractivity (Wildman–Crippen MR) is 115 cm³/mol. The molecule has 0 aliphatic carbocycles. The van der Waals surface area contributed by atoms with E-state index in [2.05, 4.69) is 36.0 Å². The van der Waals surface area contributed by atoms with Crippen molar-refractivity contribution in [3.63, 3.8) is 0 Å². The van der Waals surface area contributed by atoms with E-state index in [1.165, 1.54) is 29.8 Å². The number of rotatable bonds is 6. The minimum absolute atomic E-state index is 0.0321. The van der Waals surface area contributed by atoms with Crippen LogP contribution in [0.1, 0.15) is 10.4 Å². The number of anilines is 3. The molecule has 0 saturated carbocycles. The van der Waals surface area contributed by atoms with Gasteiger partial charge in [-0.2, -0.15) is 18.3 Å². The van der Waals surface area contributed by atoms with Gasteiger partial charge in [0.15, 0.2) is 10.9 Å². The number of hydrogen-bond donors (Lipinski definition) is 3. The third-order valence-electron chi connectivity index (χ3n) is 4.41. The number of aryl methyl sites for hydroxylation is 1. The number of amides is 2. The highest BCUT2D eigenvalue weighted by Crippen LogP contribution is 2.30. The summed E-state index contributed by atoms with van der Waals surface area (Å²) in [5, 5.41) is 12.6. The van der Waals surface area contributed by atoms with Gasteiger partial charge in [0.1, 0.15) is 17.4 Å². The van der Waals surface area contributed by atoms with Crippen LogP contribution in [0, 0.1) is 0 Å². The molecule has 166 valence electrons. The summed E-state index contributed by atoms with van der Waals surface area (Å²) in [6.45, 7) is 0.565. The second-order valence-corrected chi connectivity index (χ2v) is 7.81. The van der Waals surface area contributed by atoms with E-state index in [4.69, 9.17) is 0 Å². The molecule has 2 amide bonds. The van der Waals surface area contributed by atoms with Crippen molar-refractivity contribution in [1.29, 1.82) is 0 Å². The Morgan fingerprint density at radius 2 is 2.00 bits per heavy atom. The van der Waals surface area contributed by atoms with Gasteiger partial charge in [0, 0.05) is 36.8 Å². The molecule has 0 spiro atoms. The number of aromatic nitrogens is 5. The molecule has 3 N–H and O–H groups in total. The molecular weight excluding hydrogens is 445 g/mol. The molecule has 32 heavy (non-hydrogen) atoms. The lowest BCUT2D eigenvalue weighted by atomic mass is 10.2. The average molecular weight is 462 g/mol. The van der Waals surface area contributed by atoms with E-state index in [0.29, 0.717) is 23.9 Å². The minimum atomic E-state index is -4.49. The Bertz CT molecular complexity index is 1250. The highest BCUT2D eigenvalue weighted by Gasteiger charge is 2.30. The van der Waals surface area contributed by atoms with E-state index in [9.17, 15) is 18.0 Å². The van der Waals surface area contributed by atoms with Crippen LogP contribution in [0.15, 0.2) is 43.0 Å². The first-order chi connectivity index (χ1) is 15.3. The molecule has 0 unspecified atom stereocenters. The summed E-state index contributed by atoms with van der Waals surface area (Å²) in [6.07, 6.45) is 0.891. The molecular formula is C19H17F3N8OS. The molecule has 0 fully saturated rings. The number of alkyl halides is 3. The topological polar surface area (TPSA) is 110 Å². The van der Waals surface area contributed by atoms with Crippen LogP contribution in [-0.2, 0) is 19.6 Å². The van der Waals surface area contributed by atoms with Crippen LogP contribution in [0.25, 0.3) is 11.0 Å². The molecule has 0 radical (unpaired) electrons. The number of nitrogens with one attached hydrogen (secondary N) is 3. The molecule has 9 nitrogen and oxygen atoms in total. The maximum atomic E-state index is 12.8. The monoisotopic (exact) mass is 462 g/mol. The van der Waals surface area contributed by atoms with Crippen LogP contribution in [0.4, 0.5) is 34.6 Å². The zero-order valence-corrected chi connectivity index (χ0v) is 17.5. The molecule has 0 saturated heterocycles. The smallest absolute Gasteiger partial charge is 0.368 e. The lowest BCUT2D eigenvalue weighted by Gasteiger charge is -2.09. The van der Waals surface area contributed by atoms with Crippen LogP contribution in [-0.4, -0.2) is 37.3 Å². The summed E-state index contributed by atoms with van der Waals surface area (Å²) < 4.78 is 40.1. The summed E-state index contributed by atoms with van der Waals surface area (Å²) in [6, 6.07) is 3.72. The number of hydrogen-bond acceptors (Lipinski definition) is 7. The molecule has 0 aliphatic heterocycles. The van der Waals surface area contributed by atoms with Gasteiger partial charge in [0.2, 0.25) is 0 Å². The minimum Gasteiger partial charge on any atom is -0.368 e. The number of nitrogens with zero attached hydrogens (tertiary/aromatic N) is 5. The summed E-state index contributed by atoms with van der Waals surface area (Å²) in [5.41, 5.74) is 0.725. The number of urea groups is 1. The number of carbonyl (C=O) groups excluding carboxylic acids is 1. The van der Waals surface area contributed by atoms with Gasteiger partial charge in [-0.05, 0) is 18.2 Å². The maximum absolute atomic E-state index is 12.8. The zero-order valence-electron chi connectivity index (χ0n) is 16.6. The maximum Gasteiger partial charge on any atom is 0.416 e. The average Bonchev–Trinajstić information content (AvgIpc) is 3.34. The Balaban J connectivity index is 1.31. The second-order valence-electron chi connectivity index (χ2n) is 6.69. The first-order valence-corrected chi connectivity index (χ1v) is 10.2. The molecule has 1 aromatic carbocycles. The molecule has 0 atom stereocenters. The molecule has 3 heterocycles. The summed E-state index contributed by atoms with van der Waals surface area (Å²) >= 11 is 1.27. The highest BCUT2D eigenvalue weighted by atomic mass is 32.1. The van der Waals surface area contributed by atoms with E-state index >= 15 is 0 Å². The van der Waals surface area contributed by atoms with Crippen molar-refractivity contribution in [2.24, 2.45) is 7.05 Å². The van der Waals surface area contributed by atoms with Crippen LogP contribution in [0.2, 0.25) is 0 Å². The van der Waals surface area contributed by atoms with Crippen LogP contribution >= 0.6 is 11.3 Å². The zero-order chi connectivity index (χ0) is 22.7. The van der Waals surface area contributed by atoms with Crippen molar-refractivity contribution >= 4 is 45.0 Å². The summed E-state index contributed by atoms with van der Waals surface area (Å²) in [4.78, 5) is 25.6. The number of fused-ring (bicyclic) bond motifs is 1. The van der Waals surface area contributed by atoms with Crippen molar-refractivity contribution in [1.82, 2.24) is 24.7 Å². The lowest BCUT2D eigenvalue weighted by molar-refractivity contribution is -0.137. The van der Waals surface area contributed by atoms with Gasteiger partial charge < -0.3 is 10.6 Å². The van der Waals surface area contributed by atoms with Gasteiger partial charge in [-0.15, -0.1) is 11.3 Å². The van der Waals surface area contributed by atoms with Crippen LogP contribution < -0.4 is 16.0 Å². The Hall–Kier alpha value is -3.74. The summed E-state index contributed by atoms with van der Waals surface area (Å²) in [5.74, 6) is 0.665. The van der Waals surface area contributed by atoms with Gasteiger partial charge in [0.25, 0.3) is 0 Å². The van der Waals surface area contributed by atoms with Crippen molar-refractivity contribution in [3.8, 4) is 0 Å². The SMILES string of the molecule is Cn1ncc2ncnc(NCCc3cnc(NC(=O)Nc4cccc(C(F)(F)F)c4)s3)c21. The summed E-state index contributed by atoms with van der Waals surface area (Å²) in [7, 11) is 1.81. The van der Waals surface area contributed by atoms with E-state index in [-0.39, 0.29) is 5.69 Å². The van der Waals surface area contributed by atoms with Crippen molar-refractivity contribution < 1.29 is 18.0 Å². The lowest BCUT2D eigenvalue weighted by Crippen LogP contribution is -2.19. The van der Waals surface area contributed by atoms with Crippen molar-refractivity contribution in [2.75, 3.05) is 22.5 Å². The van der Waals surface area contributed by atoms with Crippen molar-refractivity contribution in [3.05, 3.63) is 53.4 Å². The normalized spacial score (nSPS) is 11.5. The fraction of sp³-hybridized carbons (Fsp3) is 0.211. The molecule has 13 heteroatoms. The molecule has 0 aliphatic rings. The van der Waals surface area contributed by atoms with Crippen LogP contribution in [0.3, 0.4) is 0 Å². The molecule has 4 rings (SSSR count). The Morgan fingerprint density at radius 3 is 2.81 bits per heavy atom. The van der Waals surface area contributed by atoms with Gasteiger partial charge in [0.05, 0.1) is 11.8 Å². The number of carbonyl (C=O) groups is 1. The standard InChI is InChI=1S/C19H17F3N8OS/c1-30-15-14(9-27-30)25-10-26-16(15)23-6-5-13-8-24-18(32-13)29-17(31)28-12-4-2-3-11(7-12)19(20,21)22/h2-4,7-10H,5-6H2,1H3,(H,23,25,26)(H2,24,28,29,31). The molecule has 3 aromatic heterocycles. The number of thiazole rings is 1. The van der Waals surface area contributed by atoms with E-state index in [1.807, 2.05) is 7.05 Å². The quantitative estimate of drug-likeness (QED) is 0.397. The van der Waals surface area contributed by atoms with Gasteiger partial charge in [-0.25, -0.2) is 19.7 Å². The van der Waals surface area contributed by atoms with Crippen molar-refractivity contribution in [2.45, 2.75) is 12.6 Å². The Labute approximate surface area is 183 Å². The largest absolute Gasteiger partial charge is 0.416 e. The predicted octanol–water partition coefficient (Wildman–Crippen LogP) is 4.14. The third kappa shape index (κ3) is 4.94. The second kappa shape index (κ2) is 8.78. The number of halogens is 3. The third-order valence-corrected chi connectivity index (χ3v) is 5.39. The number of benzene rings is 1. The first kappa shape index (κ1) is 21.5. The molecule has 4 aromatic rings. The Kier molecular flexibility index (Phi) is 5.90. The van der Waals surface area contributed by atoms with Crippen LogP contribution in [0.5, 0.6) is 0 Å². The van der Waals surface area contributed by atoms with E-state index in [0.717, 1.165) is 28.0 Å².